The summed E-state index contributed by atoms with van der Waals surface area (Å²) in [6.45, 7) is 4.33. The van der Waals surface area contributed by atoms with Crippen LogP contribution in [0.15, 0.2) is 22.5 Å². The normalized spacial score (nSPS) is 12.8. The van der Waals surface area contributed by atoms with Crippen molar-refractivity contribution in [3.8, 4) is 0 Å². The first-order valence-electron chi connectivity index (χ1n) is 5.48. The Labute approximate surface area is 117 Å². The van der Waals surface area contributed by atoms with Crippen LogP contribution < -0.4 is 0 Å². The molecule has 1 heterocycles. The smallest absolute Gasteiger partial charge is 0.258 e. The van der Waals surface area contributed by atoms with Crippen molar-refractivity contribution in [3.63, 3.8) is 0 Å². The fourth-order valence-electron chi connectivity index (χ4n) is 1.24. The first-order chi connectivity index (χ1) is 8.60. The molecule has 7 heteroatoms. The van der Waals surface area contributed by atoms with Crippen LogP contribution in [-0.4, -0.2) is 15.2 Å². The summed E-state index contributed by atoms with van der Waals surface area (Å²) in [4.78, 5) is 14.7. The van der Waals surface area contributed by atoms with E-state index in [2.05, 4.69) is 18.8 Å². The van der Waals surface area contributed by atoms with Crippen molar-refractivity contribution < 1.29 is 4.92 Å². The summed E-state index contributed by atoms with van der Waals surface area (Å²) in [7, 11) is 3.43. The van der Waals surface area contributed by atoms with Gasteiger partial charge in [0.25, 0.3) is 5.69 Å². The molecule has 0 bridgehead atoms. The number of fused-ring (bicyclic) bond motifs is 1. The van der Waals surface area contributed by atoms with Gasteiger partial charge in [0.15, 0.2) is 4.34 Å². The Kier molecular flexibility index (Phi) is 4.47. The molecule has 1 unspecified atom stereocenters. The van der Waals surface area contributed by atoms with Gasteiger partial charge in [-0.15, -0.1) is 11.3 Å². The lowest BCUT2D eigenvalue weighted by Gasteiger charge is -2.03. The highest BCUT2D eigenvalue weighted by Crippen LogP contribution is 2.40. The van der Waals surface area contributed by atoms with E-state index in [1.807, 2.05) is 0 Å². The molecule has 0 saturated carbocycles. The van der Waals surface area contributed by atoms with Gasteiger partial charge >= 0.3 is 0 Å². The Bertz CT molecular complexity index is 570. The molecule has 1 atom stereocenters. The van der Waals surface area contributed by atoms with Crippen LogP contribution in [0.1, 0.15) is 20.3 Å². The number of hydrogen-bond donors (Lipinski definition) is 0. The molecular formula is C11H12N2O2S3. The van der Waals surface area contributed by atoms with Gasteiger partial charge in [0, 0.05) is 17.4 Å². The van der Waals surface area contributed by atoms with Gasteiger partial charge in [0.05, 0.1) is 15.1 Å². The van der Waals surface area contributed by atoms with Crippen LogP contribution in [0.3, 0.4) is 0 Å². The third-order valence-corrected chi connectivity index (χ3v) is 6.81. The number of rotatable bonds is 5. The summed E-state index contributed by atoms with van der Waals surface area (Å²) in [5.74, 6) is 0. The molecule has 0 aliphatic rings. The van der Waals surface area contributed by atoms with E-state index in [4.69, 9.17) is 0 Å². The minimum atomic E-state index is -0.389. The van der Waals surface area contributed by atoms with Gasteiger partial charge in [-0.3, -0.25) is 10.1 Å². The molecule has 0 aliphatic carbocycles. The van der Waals surface area contributed by atoms with Gasteiger partial charge in [-0.2, -0.15) is 0 Å². The summed E-state index contributed by atoms with van der Waals surface area (Å²) in [5.41, 5.74) is 0.806. The number of nitro groups is 1. The standard InChI is InChI=1S/C11H12N2O2S3/c1-3-7(2)17-18-11-12-9-6-8(13(14)15)4-5-10(9)16-11/h4-7H,3H2,1-2H3. The third kappa shape index (κ3) is 3.15. The summed E-state index contributed by atoms with van der Waals surface area (Å²) in [5, 5.41) is 11.3. The summed E-state index contributed by atoms with van der Waals surface area (Å²) >= 11 is 1.58. The van der Waals surface area contributed by atoms with E-state index in [1.165, 1.54) is 12.1 Å². The molecule has 0 fully saturated rings. The molecule has 0 N–H and O–H groups in total. The Morgan fingerprint density at radius 2 is 2.33 bits per heavy atom. The molecule has 0 saturated heterocycles. The molecular weight excluding hydrogens is 288 g/mol. The topological polar surface area (TPSA) is 56.0 Å². The fourth-order valence-corrected chi connectivity index (χ4v) is 4.76. The van der Waals surface area contributed by atoms with E-state index >= 15 is 0 Å². The number of aromatic nitrogens is 1. The molecule has 2 rings (SSSR count). The van der Waals surface area contributed by atoms with Crippen molar-refractivity contribution in [2.45, 2.75) is 29.9 Å². The monoisotopic (exact) mass is 300 g/mol. The minimum absolute atomic E-state index is 0.0962. The first kappa shape index (κ1) is 13.6. The van der Waals surface area contributed by atoms with Crippen molar-refractivity contribution in [3.05, 3.63) is 28.3 Å². The Balaban J connectivity index is 2.19. The molecule has 1 aromatic carbocycles. The molecule has 96 valence electrons. The van der Waals surface area contributed by atoms with Gasteiger partial charge in [0.1, 0.15) is 0 Å². The predicted molar refractivity (Wildman–Crippen MR) is 79.5 cm³/mol. The zero-order valence-corrected chi connectivity index (χ0v) is 12.4. The van der Waals surface area contributed by atoms with Crippen LogP contribution in [0.2, 0.25) is 0 Å². The molecule has 0 aliphatic heterocycles. The molecule has 2 aromatic rings. The lowest BCUT2D eigenvalue weighted by Crippen LogP contribution is -1.88. The number of thiazole rings is 1. The first-order valence-corrected chi connectivity index (χ1v) is 8.51. The molecule has 18 heavy (non-hydrogen) atoms. The molecule has 0 spiro atoms. The maximum Gasteiger partial charge on any atom is 0.271 e. The number of nitro benzene ring substituents is 1. The van der Waals surface area contributed by atoms with Crippen LogP contribution in [0.25, 0.3) is 10.2 Å². The van der Waals surface area contributed by atoms with Crippen molar-refractivity contribution in [1.82, 2.24) is 4.98 Å². The van der Waals surface area contributed by atoms with Crippen LogP contribution in [0.4, 0.5) is 5.69 Å². The van der Waals surface area contributed by atoms with Crippen molar-refractivity contribution in [2.24, 2.45) is 0 Å². The second-order valence-corrected chi connectivity index (χ2v) is 7.70. The Morgan fingerprint density at radius 3 is 3.00 bits per heavy atom. The number of benzene rings is 1. The number of non-ortho nitro benzene ring substituents is 1. The largest absolute Gasteiger partial charge is 0.271 e. The predicted octanol–water partition coefficient (Wildman–Crippen LogP) is 4.74. The average molecular weight is 300 g/mol. The summed E-state index contributed by atoms with van der Waals surface area (Å²) in [6, 6.07) is 4.82. The Hall–Kier alpha value is -0.790. The highest BCUT2D eigenvalue weighted by atomic mass is 33.1. The second kappa shape index (κ2) is 5.90. The fraction of sp³-hybridized carbons (Fsp3) is 0.364. The van der Waals surface area contributed by atoms with E-state index in [-0.39, 0.29) is 10.6 Å². The van der Waals surface area contributed by atoms with Gasteiger partial charge in [0.2, 0.25) is 0 Å². The van der Waals surface area contributed by atoms with E-state index in [1.54, 1.807) is 39.0 Å². The molecule has 1 aromatic heterocycles. The van der Waals surface area contributed by atoms with Crippen LogP contribution in [0.5, 0.6) is 0 Å². The van der Waals surface area contributed by atoms with Crippen LogP contribution >= 0.6 is 32.9 Å². The van der Waals surface area contributed by atoms with Gasteiger partial charge in [-0.25, -0.2) is 4.98 Å². The van der Waals surface area contributed by atoms with E-state index in [0.29, 0.717) is 10.8 Å². The summed E-state index contributed by atoms with van der Waals surface area (Å²) < 4.78 is 1.95. The lowest BCUT2D eigenvalue weighted by atomic mass is 10.3. The molecule has 0 amide bonds. The highest BCUT2D eigenvalue weighted by molar-refractivity contribution is 8.77. The van der Waals surface area contributed by atoms with Crippen LogP contribution in [0, 0.1) is 10.1 Å². The van der Waals surface area contributed by atoms with Gasteiger partial charge in [-0.05, 0) is 23.3 Å². The number of hydrogen-bond acceptors (Lipinski definition) is 6. The molecule has 4 nitrogen and oxygen atoms in total. The van der Waals surface area contributed by atoms with Gasteiger partial charge in [-0.1, -0.05) is 24.6 Å². The van der Waals surface area contributed by atoms with Crippen molar-refractivity contribution in [2.75, 3.05) is 0 Å². The zero-order valence-electron chi connectivity index (χ0n) is 9.95. The van der Waals surface area contributed by atoms with E-state index < -0.39 is 0 Å². The van der Waals surface area contributed by atoms with E-state index in [0.717, 1.165) is 15.5 Å². The lowest BCUT2D eigenvalue weighted by molar-refractivity contribution is -0.384. The van der Waals surface area contributed by atoms with Gasteiger partial charge < -0.3 is 0 Å². The zero-order chi connectivity index (χ0) is 13.1. The minimum Gasteiger partial charge on any atom is -0.258 e. The van der Waals surface area contributed by atoms with Crippen molar-refractivity contribution >= 4 is 48.8 Å². The maximum absolute atomic E-state index is 10.7. The maximum atomic E-state index is 10.7. The van der Waals surface area contributed by atoms with E-state index in [9.17, 15) is 10.1 Å². The molecule has 0 radical (unpaired) electrons. The highest BCUT2D eigenvalue weighted by Gasteiger charge is 2.11. The Morgan fingerprint density at radius 1 is 1.56 bits per heavy atom. The average Bonchev–Trinajstić information content (AvgIpc) is 2.77. The second-order valence-electron chi connectivity index (χ2n) is 3.79. The quantitative estimate of drug-likeness (QED) is 0.453. The SMILES string of the molecule is CCC(C)SSc1nc2cc([N+](=O)[O-])ccc2s1. The summed E-state index contributed by atoms with van der Waals surface area (Å²) in [6.07, 6.45) is 1.12. The number of nitrogens with zero attached hydrogens (tertiary/aromatic N) is 2. The van der Waals surface area contributed by atoms with Crippen LogP contribution in [-0.2, 0) is 0 Å². The third-order valence-electron chi connectivity index (χ3n) is 2.42. The van der Waals surface area contributed by atoms with Crippen molar-refractivity contribution in [1.29, 1.82) is 0 Å².